The maximum Gasteiger partial charge on any atom is 0.306 e. The van der Waals surface area contributed by atoms with Gasteiger partial charge in [-0.25, -0.2) is 0 Å². The lowest BCUT2D eigenvalue weighted by Crippen LogP contribution is -2.46. The Kier molecular flexibility index (Phi) is 51.9. The molecule has 1 amide bonds. The number of carbonyl (C=O) groups is 2. The summed E-state index contributed by atoms with van der Waals surface area (Å²) in [4.78, 5) is 26.2. The van der Waals surface area contributed by atoms with Gasteiger partial charge in [0.25, 0.3) is 0 Å². The zero-order chi connectivity index (χ0) is 46.7. The van der Waals surface area contributed by atoms with Gasteiger partial charge in [-0.3, -0.25) is 9.59 Å². The van der Waals surface area contributed by atoms with Crippen molar-refractivity contribution < 1.29 is 24.5 Å². The summed E-state index contributed by atoms with van der Waals surface area (Å²) in [6.07, 6.45) is 58.9. The number of hydrogen-bond acceptors (Lipinski definition) is 5. The molecule has 0 saturated heterocycles. The molecule has 0 aliphatic carbocycles. The highest BCUT2D eigenvalue weighted by Gasteiger charge is 2.24. The number of ether oxygens (including phenoxy) is 1. The summed E-state index contributed by atoms with van der Waals surface area (Å²) >= 11 is 0. The van der Waals surface area contributed by atoms with Crippen molar-refractivity contribution in [3.05, 3.63) is 0 Å². The quantitative estimate of drug-likeness (QED) is 0.0417. The number of aliphatic hydroxyl groups is 2. The Hall–Kier alpha value is -1.14. The first-order valence-electron chi connectivity index (χ1n) is 29.3. The van der Waals surface area contributed by atoms with E-state index in [1.54, 1.807) is 0 Å². The summed E-state index contributed by atoms with van der Waals surface area (Å²) < 4.78 is 5.96. The monoisotopic (exact) mass is 906 g/mol. The van der Waals surface area contributed by atoms with Crippen LogP contribution >= 0.6 is 0 Å². The number of nitrogens with one attached hydrogen (secondary N) is 1. The molecule has 0 aliphatic heterocycles. The van der Waals surface area contributed by atoms with E-state index in [1.807, 2.05) is 0 Å². The van der Waals surface area contributed by atoms with Crippen LogP contribution in [0.1, 0.15) is 335 Å². The van der Waals surface area contributed by atoms with Crippen LogP contribution in [-0.2, 0) is 14.3 Å². The molecule has 0 saturated carbocycles. The Bertz CT molecular complexity index is 928. The fourth-order valence-electron chi connectivity index (χ4n) is 9.49. The van der Waals surface area contributed by atoms with E-state index < -0.39 is 18.2 Å². The summed E-state index contributed by atoms with van der Waals surface area (Å²) in [5.74, 6) is -0.446. The molecule has 0 heterocycles. The molecule has 0 aromatic heterocycles. The van der Waals surface area contributed by atoms with Gasteiger partial charge < -0.3 is 20.3 Å². The topological polar surface area (TPSA) is 95.9 Å². The van der Waals surface area contributed by atoms with Gasteiger partial charge in [-0.05, 0) is 25.7 Å². The molecule has 6 nitrogen and oxygen atoms in total. The average Bonchev–Trinajstić information content (AvgIpc) is 3.29. The number of amides is 1. The molecule has 64 heavy (non-hydrogen) atoms. The maximum atomic E-state index is 13.2. The first kappa shape index (κ1) is 62.9. The van der Waals surface area contributed by atoms with Crippen molar-refractivity contribution >= 4 is 11.9 Å². The first-order valence-corrected chi connectivity index (χ1v) is 29.3. The first-order chi connectivity index (χ1) is 31.5. The second-order valence-electron chi connectivity index (χ2n) is 20.4. The lowest BCUT2D eigenvalue weighted by Gasteiger charge is -2.24. The molecule has 6 heteroatoms. The van der Waals surface area contributed by atoms with Crippen LogP contribution in [0.15, 0.2) is 0 Å². The molecule has 0 spiro atoms. The lowest BCUT2D eigenvalue weighted by atomic mass is 10.0. The van der Waals surface area contributed by atoms with Crippen molar-refractivity contribution in [2.75, 3.05) is 6.61 Å². The minimum atomic E-state index is -0.780. The lowest BCUT2D eigenvalue weighted by molar-refractivity contribution is -0.151. The molecule has 0 rings (SSSR count). The van der Waals surface area contributed by atoms with E-state index in [4.69, 9.17) is 4.74 Å². The summed E-state index contributed by atoms with van der Waals surface area (Å²) in [6, 6.07) is -0.693. The Morgan fingerprint density at radius 1 is 0.391 bits per heavy atom. The largest absolute Gasteiger partial charge is 0.462 e. The summed E-state index contributed by atoms with van der Waals surface area (Å²) in [5, 5.41) is 23.9. The summed E-state index contributed by atoms with van der Waals surface area (Å²) in [6.45, 7) is 6.53. The number of aliphatic hydroxyl groups excluding tert-OH is 2. The van der Waals surface area contributed by atoms with E-state index in [0.29, 0.717) is 19.3 Å². The van der Waals surface area contributed by atoms with Crippen molar-refractivity contribution in [3.63, 3.8) is 0 Å². The summed E-state index contributed by atoms with van der Waals surface area (Å²) in [5.41, 5.74) is 0. The fraction of sp³-hybridized carbons (Fsp3) is 0.966. The molecule has 0 aliphatic rings. The van der Waals surface area contributed by atoms with Crippen LogP contribution in [0.2, 0.25) is 0 Å². The van der Waals surface area contributed by atoms with Crippen molar-refractivity contribution in [3.8, 4) is 0 Å². The molecule has 3 N–H and O–H groups in total. The van der Waals surface area contributed by atoms with Gasteiger partial charge in [0.05, 0.1) is 25.2 Å². The smallest absolute Gasteiger partial charge is 0.306 e. The van der Waals surface area contributed by atoms with Crippen LogP contribution in [-0.4, -0.2) is 46.9 Å². The normalized spacial score (nSPS) is 13.0. The van der Waals surface area contributed by atoms with E-state index in [-0.39, 0.29) is 24.9 Å². The number of rotatable bonds is 54. The Labute approximate surface area is 400 Å². The Balaban J connectivity index is 4.39. The van der Waals surface area contributed by atoms with Gasteiger partial charge in [0, 0.05) is 6.42 Å². The Morgan fingerprint density at radius 3 is 0.953 bits per heavy atom. The van der Waals surface area contributed by atoms with Crippen LogP contribution in [0.3, 0.4) is 0 Å². The third-order valence-electron chi connectivity index (χ3n) is 13.9. The molecule has 0 aromatic carbocycles. The van der Waals surface area contributed by atoms with E-state index in [9.17, 15) is 19.8 Å². The van der Waals surface area contributed by atoms with E-state index in [0.717, 1.165) is 38.5 Å². The third kappa shape index (κ3) is 47.4. The van der Waals surface area contributed by atoms with E-state index in [2.05, 4.69) is 26.1 Å². The highest BCUT2D eigenvalue weighted by Crippen LogP contribution is 2.19. The van der Waals surface area contributed by atoms with Crippen LogP contribution in [0.25, 0.3) is 0 Å². The number of carbonyl (C=O) groups excluding carboxylic acids is 2. The SMILES string of the molecule is CCCCCCCCCCCCCCCCCCCCC(=O)OC(CCCCCCCCCCCCC)CC(=O)NC(CO)C(O)CCCCCCCCCCCCCCCCCC. The van der Waals surface area contributed by atoms with Crippen molar-refractivity contribution in [1.29, 1.82) is 0 Å². The van der Waals surface area contributed by atoms with Crippen LogP contribution in [0.5, 0.6) is 0 Å². The molecular weight excluding hydrogens is 791 g/mol. The van der Waals surface area contributed by atoms with Crippen LogP contribution < -0.4 is 5.32 Å². The van der Waals surface area contributed by atoms with Gasteiger partial charge in [0.15, 0.2) is 0 Å². The minimum absolute atomic E-state index is 0.0882. The highest BCUT2D eigenvalue weighted by atomic mass is 16.5. The molecule has 0 fully saturated rings. The molecule has 0 bridgehead atoms. The second-order valence-corrected chi connectivity index (χ2v) is 20.4. The molecule has 0 aromatic rings. The van der Waals surface area contributed by atoms with Crippen molar-refractivity contribution in [2.45, 2.75) is 354 Å². The standard InChI is InChI=1S/C58H115NO5/c1-4-7-10-13-16-19-22-24-26-28-29-31-33-36-39-42-45-48-51-58(63)64-54(49-46-43-40-37-34-21-18-15-12-9-6-3)52-57(62)59-55(53-60)56(61)50-47-44-41-38-35-32-30-27-25-23-20-17-14-11-8-5-2/h54-56,60-61H,4-53H2,1-3H3,(H,59,62). The minimum Gasteiger partial charge on any atom is -0.462 e. The maximum absolute atomic E-state index is 13.2. The second kappa shape index (κ2) is 52.8. The molecule has 0 radical (unpaired) electrons. The van der Waals surface area contributed by atoms with Gasteiger partial charge >= 0.3 is 5.97 Å². The van der Waals surface area contributed by atoms with Crippen molar-refractivity contribution in [2.24, 2.45) is 0 Å². The summed E-state index contributed by atoms with van der Waals surface area (Å²) in [7, 11) is 0. The number of hydrogen-bond donors (Lipinski definition) is 3. The van der Waals surface area contributed by atoms with Gasteiger partial charge in [-0.15, -0.1) is 0 Å². The van der Waals surface area contributed by atoms with E-state index >= 15 is 0 Å². The zero-order valence-electron chi connectivity index (χ0n) is 43.7. The predicted octanol–water partition coefficient (Wildman–Crippen LogP) is 17.9. The van der Waals surface area contributed by atoms with Gasteiger partial charge in [0.1, 0.15) is 6.10 Å². The number of esters is 1. The van der Waals surface area contributed by atoms with E-state index in [1.165, 1.54) is 250 Å². The molecule has 382 valence electrons. The molecule has 3 atom stereocenters. The zero-order valence-corrected chi connectivity index (χ0v) is 43.7. The van der Waals surface area contributed by atoms with Gasteiger partial charge in [-0.2, -0.15) is 0 Å². The van der Waals surface area contributed by atoms with Gasteiger partial charge in [-0.1, -0.05) is 297 Å². The Morgan fingerprint density at radius 2 is 0.656 bits per heavy atom. The van der Waals surface area contributed by atoms with Crippen LogP contribution in [0, 0.1) is 0 Å². The molecular formula is C58H115NO5. The highest BCUT2D eigenvalue weighted by molar-refractivity contribution is 5.77. The predicted molar refractivity (Wildman–Crippen MR) is 278 cm³/mol. The third-order valence-corrected chi connectivity index (χ3v) is 13.9. The fourth-order valence-corrected chi connectivity index (χ4v) is 9.49. The molecule has 3 unspecified atom stereocenters. The van der Waals surface area contributed by atoms with Crippen molar-refractivity contribution in [1.82, 2.24) is 5.32 Å². The number of unbranched alkanes of at least 4 members (excludes halogenated alkanes) is 42. The van der Waals surface area contributed by atoms with Gasteiger partial charge in [0.2, 0.25) is 5.91 Å². The average molecular weight is 907 g/mol. The van der Waals surface area contributed by atoms with Crippen LogP contribution in [0.4, 0.5) is 0 Å².